The Morgan fingerprint density at radius 2 is 2.05 bits per heavy atom. The standard InChI is InChI=1S/C14H13F3N2OS/c1-19(8-10-3-2-6-21-10)13(20)11-7-9(14(15,16)17)4-5-12(11)18/h2-7H,8,18H2,1H3. The quantitative estimate of drug-likeness (QED) is 0.880. The van der Waals surface area contributed by atoms with Gasteiger partial charge in [-0.15, -0.1) is 11.3 Å². The molecule has 1 amide bonds. The Morgan fingerprint density at radius 1 is 1.33 bits per heavy atom. The Morgan fingerprint density at radius 3 is 2.62 bits per heavy atom. The van der Waals surface area contributed by atoms with Gasteiger partial charge in [-0.3, -0.25) is 4.79 Å². The van der Waals surface area contributed by atoms with Gasteiger partial charge in [0.2, 0.25) is 0 Å². The van der Waals surface area contributed by atoms with Crippen LogP contribution in [0.3, 0.4) is 0 Å². The SMILES string of the molecule is CN(Cc1cccs1)C(=O)c1cc(C(F)(F)F)ccc1N. The van der Waals surface area contributed by atoms with E-state index in [0.29, 0.717) is 6.54 Å². The molecule has 0 saturated heterocycles. The number of carbonyl (C=O) groups excluding carboxylic acids is 1. The molecule has 0 unspecified atom stereocenters. The zero-order chi connectivity index (χ0) is 15.6. The minimum absolute atomic E-state index is 0.0334. The summed E-state index contributed by atoms with van der Waals surface area (Å²) in [6, 6.07) is 6.46. The number of benzene rings is 1. The van der Waals surface area contributed by atoms with Crippen molar-refractivity contribution in [1.29, 1.82) is 0 Å². The summed E-state index contributed by atoms with van der Waals surface area (Å²) in [7, 11) is 1.53. The van der Waals surface area contributed by atoms with Crippen molar-refractivity contribution >= 4 is 22.9 Å². The third kappa shape index (κ3) is 3.55. The van der Waals surface area contributed by atoms with Gasteiger partial charge in [0.1, 0.15) is 0 Å². The van der Waals surface area contributed by atoms with Crippen LogP contribution in [0.2, 0.25) is 0 Å². The average molecular weight is 314 g/mol. The molecule has 1 heterocycles. The number of amides is 1. The van der Waals surface area contributed by atoms with Crippen molar-refractivity contribution in [3.8, 4) is 0 Å². The summed E-state index contributed by atoms with van der Waals surface area (Å²) in [5.41, 5.74) is 4.65. The first-order chi connectivity index (χ1) is 9.79. The van der Waals surface area contributed by atoms with E-state index in [1.165, 1.54) is 23.3 Å². The molecule has 2 aromatic rings. The molecule has 0 aliphatic carbocycles. The van der Waals surface area contributed by atoms with Crippen molar-refractivity contribution in [2.24, 2.45) is 0 Å². The molecule has 2 rings (SSSR count). The number of rotatable bonds is 3. The van der Waals surface area contributed by atoms with Gasteiger partial charge in [-0.05, 0) is 29.6 Å². The van der Waals surface area contributed by atoms with Crippen LogP contribution in [0.4, 0.5) is 18.9 Å². The highest BCUT2D eigenvalue weighted by molar-refractivity contribution is 7.09. The van der Waals surface area contributed by atoms with Gasteiger partial charge < -0.3 is 10.6 Å². The van der Waals surface area contributed by atoms with E-state index in [2.05, 4.69) is 0 Å². The molecule has 1 aromatic heterocycles. The van der Waals surface area contributed by atoms with E-state index < -0.39 is 17.6 Å². The maximum absolute atomic E-state index is 12.7. The maximum atomic E-state index is 12.7. The molecule has 7 heteroatoms. The molecule has 0 spiro atoms. The van der Waals surface area contributed by atoms with Crippen LogP contribution in [0.25, 0.3) is 0 Å². The second-order valence-electron chi connectivity index (χ2n) is 4.54. The number of alkyl halides is 3. The van der Waals surface area contributed by atoms with E-state index in [-0.39, 0.29) is 11.3 Å². The predicted molar refractivity (Wildman–Crippen MR) is 76.0 cm³/mol. The summed E-state index contributed by atoms with van der Waals surface area (Å²) in [5.74, 6) is -0.535. The number of carbonyl (C=O) groups is 1. The maximum Gasteiger partial charge on any atom is 0.416 e. The number of hydrogen-bond donors (Lipinski definition) is 1. The van der Waals surface area contributed by atoms with Gasteiger partial charge >= 0.3 is 6.18 Å². The number of nitrogens with zero attached hydrogens (tertiary/aromatic N) is 1. The van der Waals surface area contributed by atoms with E-state index in [1.807, 2.05) is 17.5 Å². The van der Waals surface area contributed by atoms with Gasteiger partial charge in [0.25, 0.3) is 5.91 Å². The van der Waals surface area contributed by atoms with E-state index in [1.54, 1.807) is 0 Å². The zero-order valence-electron chi connectivity index (χ0n) is 11.1. The number of anilines is 1. The predicted octanol–water partition coefficient (Wildman–Crippen LogP) is 3.62. The molecular weight excluding hydrogens is 301 g/mol. The molecule has 0 aliphatic rings. The van der Waals surface area contributed by atoms with Crippen LogP contribution in [0, 0.1) is 0 Å². The lowest BCUT2D eigenvalue weighted by Crippen LogP contribution is -2.27. The Balaban J connectivity index is 2.26. The van der Waals surface area contributed by atoms with Gasteiger partial charge in [-0.1, -0.05) is 6.07 Å². The molecule has 0 fully saturated rings. The largest absolute Gasteiger partial charge is 0.416 e. The van der Waals surface area contributed by atoms with Crippen molar-refractivity contribution in [1.82, 2.24) is 4.90 Å². The number of nitrogen functional groups attached to an aromatic ring is 1. The molecule has 1 aromatic carbocycles. The van der Waals surface area contributed by atoms with Crippen LogP contribution in [0.1, 0.15) is 20.8 Å². The fraction of sp³-hybridized carbons (Fsp3) is 0.214. The molecule has 0 bridgehead atoms. The number of nitrogens with two attached hydrogens (primary N) is 1. The molecule has 21 heavy (non-hydrogen) atoms. The lowest BCUT2D eigenvalue weighted by atomic mass is 10.1. The fourth-order valence-corrected chi connectivity index (χ4v) is 2.59. The van der Waals surface area contributed by atoms with Crippen molar-refractivity contribution in [3.63, 3.8) is 0 Å². The van der Waals surface area contributed by atoms with Crippen LogP contribution in [0.15, 0.2) is 35.7 Å². The summed E-state index contributed by atoms with van der Waals surface area (Å²) in [6.07, 6.45) is -4.50. The first-order valence-corrected chi connectivity index (χ1v) is 6.91. The second kappa shape index (κ2) is 5.77. The Kier molecular flexibility index (Phi) is 4.22. The average Bonchev–Trinajstić information content (AvgIpc) is 2.90. The first-order valence-electron chi connectivity index (χ1n) is 6.03. The monoisotopic (exact) mass is 314 g/mol. The summed E-state index contributed by atoms with van der Waals surface area (Å²) in [5, 5.41) is 1.87. The van der Waals surface area contributed by atoms with Gasteiger partial charge in [0.05, 0.1) is 17.7 Å². The van der Waals surface area contributed by atoms with Crippen molar-refractivity contribution < 1.29 is 18.0 Å². The molecule has 0 atom stereocenters. The van der Waals surface area contributed by atoms with Crippen LogP contribution >= 0.6 is 11.3 Å². The Bertz CT molecular complexity index is 638. The summed E-state index contributed by atoms with van der Waals surface area (Å²) >= 11 is 1.47. The van der Waals surface area contributed by atoms with Crippen molar-refractivity contribution in [2.45, 2.75) is 12.7 Å². The van der Waals surface area contributed by atoms with E-state index in [4.69, 9.17) is 5.73 Å². The lowest BCUT2D eigenvalue weighted by Gasteiger charge is -2.18. The van der Waals surface area contributed by atoms with Crippen molar-refractivity contribution in [3.05, 3.63) is 51.7 Å². The third-order valence-electron chi connectivity index (χ3n) is 2.93. The molecule has 0 saturated carbocycles. The van der Waals surface area contributed by atoms with E-state index in [9.17, 15) is 18.0 Å². The Labute approximate surface area is 123 Å². The number of thiophene rings is 1. The summed E-state index contributed by atoms with van der Waals surface area (Å²) < 4.78 is 38.1. The smallest absolute Gasteiger partial charge is 0.398 e. The minimum atomic E-state index is -4.50. The first kappa shape index (κ1) is 15.4. The van der Waals surface area contributed by atoms with Gasteiger partial charge in [-0.2, -0.15) is 13.2 Å². The molecule has 3 nitrogen and oxygen atoms in total. The highest BCUT2D eigenvalue weighted by Gasteiger charge is 2.32. The third-order valence-corrected chi connectivity index (χ3v) is 3.79. The van der Waals surface area contributed by atoms with Crippen LogP contribution in [-0.2, 0) is 12.7 Å². The summed E-state index contributed by atoms with van der Waals surface area (Å²) in [4.78, 5) is 14.5. The van der Waals surface area contributed by atoms with E-state index >= 15 is 0 Å². The normalized spacial score (nSPS) is 11.4. The number of hydrogen-bond acceptors (Lipinski definition) is 3. The zero-order valence-corrected chi connectivity index (χ0v) is 12.0. The highest BCUT2D eigenvalue weighted by atomic mass is 32.1. The van der Waals surface area contributed by atoms with Gasteiger partial charge in [0.15, 0.2) is 0 Å². The fourth-order valence-electron chi connectivity index (χ4n) is 1.83. The Hall–Kier alpha value is -2.02. The highest BCUT2D eigenvalue weighted by Crippen LogP contribution is 2.31. The second-order valence-corrected chi connectivity index (χ2v) is 5.57. The molecule has 112 valence electrons. The van der Waals surface area contributed by atoms with Crippen molar-refractivity contribution in [2.75, 3.05) is 12.8 Å². The van der Waals surface area contributed by atoms with Gasteiger partial charge in [-0.25, -0.2) is 0 Å². The molecule has 0 aliphatic heterocycles. The molecule has 0 radical (unpaired) electrons. The lowest BCUT2D eigenvalue weighted by molar-refractivity contribution is -0.137. The van der Waals surface area contributed by atoms with Crippen LogP contribution in [0.5, 0.6) is 0 Å². The molecular formula is C14H13F3N2OS. The minimum Gasteiger partial charge on any atom is -0.398 e. The summed E-state index contributed by atoms with van der Waals surface area (Å²) in [6.45, 7) is 0.326. The van der Waals surface area contributed by atoms with Crippen LogP contribution < -0.4 is 5.73 Å². The van der Waals surface area contributed by atoms with Gasteiger partial charge in [0, 0.05) is 17.6 Å². The number of halogens is 3. The topological polar surface area (TPSA) is 46.3 Å². The van der Waals surface area contributed by atoms with E-state index in [0.717, 1.165) is 23.1 Å². The molecule has 2 N–H and O–H groups in total. The van der Waals surface area contributed by atoms with Crippen LogP contribution in [-0.4, -0.2) is 17.9 Å².